The number of para-hydroxylation sites is 2. The number of fused-ring (bicyclic) bond motifs is 3. The van der Waals surface area contributed by atoms with Gasteiger partial charge in [-0.1, -0.05) is 24.3 Å². The number of carbonyl (C=O) groups excluding carboxylic acids is 1. The van der Waals surface area contributed by atoms with Crippen LogP contribution in [0.15, 0.2) is 59.5 Å². The van der Waals surface area contributed by atoms with Gasteiger partial charge in [-0.05, 0) is 24.3 Å². The number of hydrogen-bond donors (Lipinski definition) is 1. The number of halogens is 1. The van der Waals surface area contributed by atoms with E-state index in [-0.39, 0.29) is 17.3 Å². The first kappa shape index (κ1) is 17.4. The summed E-state index contributed by atoms with van der Waals surface area (Å²) < 4.78 is 15.6. The summed E-state index contributed by atoms with van der Waals surface area (Å²) in [4.78, 5) is 31.9. The molecule has 1 aliphatic rings. The number of nitrogens with one attached hydrogen (secondary N) is 1. The number of anilines is 1. The smallest absolute Gasteiger partial charge is 0.259 e. The van der Waals surface area contributed by atoms with Crippen LogP contribution in [0.4, 0.5) is 10.1 Å². The van der Waals surface area contributed by atoms with Crippen molar-refractivity contribution in [3.05, 3.63) is 76.5 Å². The molecule has 29 heavy (non-hydrogen) atoms. The highest BCUT2D eigenvalue weighted by atomic mass is 19.1. The molecule has 3 heterocycles. The molecule has 4 aromatic rings. The lowest BCUT2D eigenvalue weighted by molar-refractivity contribution is 0.0748. The summed E-state index contributed by atoms with van der Waals surface area (Å²) in [5.74, 6) is -0.460. The summed E-state index contributed by atoms with van der Waals surface area (Å²) in [6.07, 6.45) is 1.49. The minimum atomic E-state index is -0.264. The summed E-state index contributed by atoms with van der Waals surface area (Å²) in [6.45, 7) is 1.99. The number of carbonyl (C=O) groups is 1. The molecule has 1 saturated heterocycles. The largest absolute Gasteiger partial charge is 0.366 e. The van der Waals surface area contributed by atoms with Crippen molar-refractivity contribution < 1.29 is 9.18 Å². The molecule has 146 valence electrons. The Bertz CT molecular complexity index is 1290. The van der Waals surface area contributed by atoms with E-state index >= 15 is 0 Å². The number of rotatable bonds is 2. The molecule has 0 unspecified atom stereocenters. The van der Waals surface area contributed by atoms with Crippen molar-refractivity contribution in [1.82, 2.24) is 19.5 Å². The summed E-state index contributed by atoms with van der Waals surface area (Å²) >= 11 is 0. The second-order valence-corrected chi connectivity index (χ2v) is 7.02. The number of benzene rings is 2. The number of H-pyrrole nitrogens is 1. The van der Waals surface area contributed by atoms with Gasteiger partial charge in [0.2, 0.25) is 0 Å². The van der Waals surface area contributed by atoms with Gasteiger partial charge >= 0.3 is 0 Å². The lowest BCUT2D eigenvalue weighted by Gasteiger charge is -2.36. The first-order chi connectivity index (χ1) is 14.1. The zero-order chi connectivity index (χ0) is 20.0. The monoisotopic (exact) mass is 391 g/mol. The Morgan fingerprint density at radius 3 is 2.52 bits per heavy atom. The van der Waals surface area contributed by atoms with Crippen molar-refractivity contribution in [3.63, 3.8) is 0 Å². The summed E-state index contributed by atoms with van der Waals surface area (Å²) in [5.41, 5.74) is 1.68. The third-order valence-corrected chi connectivity index (χ3v) is 5.37. The minimum Gasteiger partial charge on any atom is -0.366 e. The van der Waals surface area contributed by atoms with E-state index in [9.17, 15) is 14.0 Å². The average molecular weight is 391 g/mol. The summed E-state index contributed by atoms with van der Waals surface area (Å²) in [5, 5.41) is 4.83. The van der Waals surface area contributed by atoms with E-state index in [0.717, 1.165) is 0 Å². The molecule has 1 fully saturated rings. The molecule has 0 bridgehead atoms. The maximum Gasteiger partial charge on any atom is 0.259 e. The fraction of sp³-hybridized carbons (Fsp3) is 0.190. The SMILES string of the molecule is O=C(c1cnn2c1[nH]c(=O)c1ccccc12)N1CCN(c2ccccc2F)CC1. The third kappa shape index (κ3) is 2.84. The van der Waals surface area contributed by atoms with Crippen molar-refractivity contribution in [3.8, 4) is 0 Å². The molecule has 5 rings (SSSR count). The molecule has 1 aliphatic heterocycles. The number of nitrogens with zero attached hydrogens (tertiary/aromatic N) is 4. The Hall–Kier alpha value is -3.68. The minimum absolute atomic E-state index is 0.195. The lowest BCUT2D eigenvalue weighted by Crippen LogP contribution is -2.49. The van der Waals surface area contributed by atoms with Gasteiger partial charge in [0, 0.05) is 26.2 Å². The van der Waals surface area contributed by atoms with Gasteiger partial charge in [-0.2, -0.15) is 5.10 Å². The van der Waals surface area contributed by atoms with Gasteiger partial charge in [-0.3, -0.25) is 9.59 Å². The number of aromatic amines is 1. The lowest BCUT2D eigenvalue weighted by atomic mass is 10.2. The highest BCUT2D eigenvalue weighted by Gasteiger charge is 2.26. The van der Waals surface area contributed by atoms with Crippen molar-refractivity contribution in [2.45, 2.75) is 0 Å². The maximum atomic E-state index is 14.0. The van der Waals surface area contributed by atoms with E-state index < -0.39 is 0 Å². The van der Waals surface area contributed by atoms with E-state index in [2.05, 4.69) is 10.1 Å². The van der Waals surface area contributed by atoms with Gasteiger partial charge in [0.05, 0.1) is 22.8 Å². The number of hydrogen-bond acceptors (Lipinski definition) is 4. The third-order valence-electron chi connectivity index (χ3n) is 5.37. The van der Waals surface area contributed by atoms with Crippen LogP contribution in [0, 0.1) is 5.82 Å². The zero-order valence-corrected chi connectivity index (χ0v) is 15.5. The first-order valence-corrected chi connectivity index (χ1v) is 9.41. The van der Waals surface area contributed by atoms with E-state index in [1.54, 1.807) is 45.8 Å². The number of amides is 1. The normalized spacial score (nSPS) is 14.7. The first-order valence-electron chi connectivity index (χ1n) is 9.41. The van der Waals surface area contributed by atoms with Crippen molar-refractivity contribution in [2.75, 3.05) is 31.1 Å². The van der Waals surface area contributed by atoms with Gasteiger partial charge in [-0.15, -0.1) is 0 Å². The van der Waals surface area contributed by atoms with Crippen LogP contribution >= 0.6 is 0 Å². The Kier molecular flexibility index (Phi) is 4.04. The van der Waals surface area contributed by atoms with E-state index in [0.29, 0.717) is 54.0 Å². The molecule has 2 aromatic carbocycles. The van der Waals surface area contributed by atoms with Gasteiger partial charge in [0.15, 0.2) is 0 Å². The van der Waals surface area contributed by atoms with Crippen molar-refractivity contribution in [1.29, 1.82) is 0 Å². The predicted octanol–water partition coefficient (Wildman–Crippen LogP) is 2.28. The van der Waals surface area contributed by atoms with Gasteiger partial charge in [0.1, 0.15) is 17.0 Å². The average Bonchev–Trinajstić information content (AvgIpc) is 3.18. The van der Waals surface area contributed by atoms with E-state index in [1.807, 2.05) is 11.0 Å². The van der Waals surface area contributed by atoms with Crippen LogP contribution in [-0.4, -0.2) is 51.6 Å². The second kappa shape index (κ2) is 6.73. The molecule has 0 aliphatic carbocycles. The predicted molar refractivity (Wildman–Crippen MR) is 108 cm³/mol. The van der Waals surface area contributed by atoms with Crippen molar-refractivity contribution in [2.24, 2.45) is 0 Å². The van der Waals surface area contributed by atoms with Crippen LogP contribution in [0.1, 0.15) is 10.4 Å². The molecule has 0 spiro atoms. The molecule has 0 atom stereocenters. The Morgan fingerprint density at radius 2 is 1.72 bits per heavy atom. The molecule has 2 aromatic heterocycles. The van der Waals surface area contributed by atoms with Crippen molar-refractivity contribution >= 4 is 28.1 Å². The molecule has 0 radical (unpaired) electrons. The van der Waals surface area contributed by atoms with E-state index in [1.165, 1.54) is 12.3 Å². The number of piperazine rings is 1. The van der Waals surface area contributed by atoms with Gasteiger partial charge in [0.25, 0.3) is 11.5 Å². The molecule has 1 N–H and O–H groups in total. The highest BCUT2D eigenvalue weighted by molar-refractivity contribution is 6.00. The maximum absolute atomic E-state index is 14.0. The van der Waals surface area contributed by atoms with Gasteiger partial charge in [-0.25, -0.2) is 8.91 Å². The van der Waals surface area contributed by atoms with Crippen LogP contribution in [0.3, 0.4) is 0 Å². The topological polar surface area (TPSA) is 73.7 Å². The molecule has 1 amide bonds. The summed E-state index contributed by atoms with van der Waals surface area (Å²) in [7, 11) is 0. The molecular weight excluding hydrogens is 373 g/mol. The zero-order valence-electron chi connectivity index (χ0n) is 15.5. The Morgan fingerprint density at radius 1 is 1.00 bits per heavy atom. The van der Waals surface area contributed by atoms with Crippen LogP contribution in [0.2, 0.25) is 0 Å². The Balaban J connectivity index is 1.43. The van der Waals surface area contributed by atoms with E-state index in [4.69, 9.17) is 0 Å². The Labute approximate surface area is 165 Å². The number of aromatic nitrogens is 3. The molecule has 8 heteroatoms. The second-order valence-electron chi connectivity index (χ2n) is 7.02. The van der Waals surface area contributed by atoms with Crippen LogP contribution < -0.4 is 10.5 Å². The highest BCUT2D eigenvalue weighted by Crippen LogP contribution is 2.21. The fourth-order valence-corrected chi connectivity index (χ4v) is 3.86. The standard InChI is InChI=1S/C21H18FN5O2/c22-16-6-2-4-8-18(16)25-9-11-26(12-10-25)21(29)15-13-23-27-17-7-3-1-5-14(17)20(28)24-19(15)27/h1-8,13H,9-12H2,(H,24,28). The van der Waals surface area contributed by atoms with Gasteiger partial charge < -0.3 is 14.8 Å². The van der Waals surface area contributed by atoms with Crippen LogP contribution in [0.25, 0.3) is 16.6 Å². The van der Waals surface area contributed by atoms with Crippen LogP contribution in [-0.2, 0) is 0 Å². The molecule has 7 nitrogen and oxygen atoms in total. The molecule has 0 saturated carbocycles. The van der Waals surface area contributed by atoms with Crippen LogP contribution in [0.5, 0.6) is 0 Å². The quantitative estimate of drug-likeness (QED) is 0.569. The molecular formula is C21H18FN5O2. The fourth-order valence-electron chi connectivity index (χ4n) is 3.86. The summed E-state index contributed by atoms with van der Waals surface area (Å²) in [6, 6.07) is 13.8.